The summed E-state index contributed by atoms with van der Waals surface area (Å²) in [6, 6.07) is 0.808. The molecule has 1 N–H and O–H groups in total. The van der Waals surface area contributed by atoms with Crippen LogP contribution in [-0.2, 0) is 4.79 Å². The molecule has 1 aliphatic heterocycles. The minimum atomic E-state index is 0.159. The molecule has 2 fully saturated rings. The van der Waals surface area contributed by atoms with Gasteiger partial charge in [-0.2, -0.15) is 0 Å². The summed E-state index contributed by atoms with van der Waals surface area (Å²) in [5.41, 5.74) is 0. The Morgan fingerprint density at radius 1 is 1.00 bits per heavy atom. The van der Waals surface area contributed by atoms with Crippen LogP contribution in [-0.4, -0.2) is 18.4 Å². The van der Waals surface area contributed by atoms with Crippen molar-refractivity contribution in [1.29, 1.82) is 0 Å². The average Bonchev–Trinajstić information content (AvgIpc) is 2.67. The largest absolute Gasteiger partial charge is 0.305 e. The SMILES string of the molecule is O=CC1CCC(C2CCCCC2)N1. The molecule has 13 heavy (non-hydrogen) atoms. The van der Waals surface area contributed by atoms with Gasteiger partial charge in [-0.05, 0) is 31.6 Å². The van der Waals surface area contributed by atoms with Crippen molar-refractivity contribution in [2.45, 2.75) is 57.0 Å². The molecular weight excluding hydrogens is 162 g/mol. The van der Waals surface area contributed by atoms with E-state index in [0.717, 1.165) is 18.6 Å². The van der Waals surface area contributed by atoms with Crippen molar-refractivity contribution in [3.8, 4) is 0 Å². The van der Waals surface area contributed by atoms with Crippen molar-refractivity contribution in [3.05, 3.63) is 0 Å². The van der Waals surface area contributed by atoms with Gasteiger partial charge in [0.2, 0.25) is 0 Å². The molecule has 0 amide bonds. The second kappa shape index (κ2) is 4.23. The number of carbonyl (C=O) groups is 1. The summed E-state index contributed by atoms with van der Waals surface area (Å²) in [6.45, 7) is 0. The molecule has 2 unspecified atom stereocenters. The molecule has 74 valence electrons. The van der Waals surface area contributed by atoms with Gasteiger partial charge in [-0.15, -0.1) is 0 Å². The normalized spacial score (nSPS) is 36.3. The van der Waals surface area contributed by atoms with Crippen LogP contribution in [0.15, 0.2) is 0 Å². The highest BCUT2D eigenvalue weighted by Crippen LogP contribution is 2.30. The molecule has 0 aromatic carbocycles. The lowest BCUT2D eigenvalue weighted by Crippen LogP contribution is -2.36. The van der Waals surface area contributed by atoms with E-state index in [9.17, 15) is 4.79 Å². The van der Waals surface area contributed by atoms with Crippen molar-refractivity contribution < 1.29 is 4.79 Å². The first kappa shape index (κ1) is 9.20. The van der Waals surface area contributed by atoms with E-state index in [-0.39, 0.29) is 6.04 Å². The standard InChI is InChI=1S/C11H19NO/c13-8-10-6-7-11(12-10)9-4-2-1-3-5-9/h8-12H,1-7H2. The predicted octanol–water partition coefficient (Wildman–Crippen LogP) is 1.89. The fourth-order valence-corrected chi connectivity index (χ4v) is 2.82. The van der Waals surface area contributed by atoms with Crippen LogP contribution < -0.4 is 5.32 Å². The fraction of sp³-hybridized carbons (Fsp3) is 0.909. The summed E-state index contributed by atoms with van der Waals surface area (Å²) in [5, 5.41) is 3.44. The summed E-state index contributed by atoms with van der Waals surface area (Å²) in [5.74, 6) is 0.860. The maximum atomic E-state index is 10.6. The van der Waals surface area contributed by atoms with Gasteiger partial charge in [-0.1, -0.05) is 19.3 Å². The van der Waals surface area contributed by atoms with Crippen LogP contribution in [0.5, 0.6) is 0 Å². The van der Waals surface area contributed by atoms with E-state index in [0.29, 0.717) is 6.04 Å². The number of carbonyl (C=O) groups excluding carboxylic acids is 1. The van der Waals surface area contributed by atoms with Gasteiger partial charge < -0.3 is 10.1 Å². The number of hydrogen-bond donors (Lipinski definition) is 1. The summed E-state index contributed by atoms with van der Waals surface area (Å²) < 4.78 is 0. The monoisotopic (exact) mass is 181 g/mol. The van der Waals surface area contributed by atoms with Crippen LogP contribution in [0, 0.1) is 5.92 Å². The molecule has 0 bridgehead atoms. The highest BCUT2D eigenvalue weighted by Gasteiger charge is 2.30. The van der Waals surface area contributed by atoms with Crippen molar-refractivity contribution in [1.82, 2.24) is 5.32 Å². The van der Waals surface area contributed by atoms with Crippen LogP contribution in [0.3, 0.4) is 0 Å². The minimum absolute atomic E-state index is 0.159. The van der Waals surface area contributed by atoms with Crippen molar-refractivity contribution in [3.63, 3.8) is 0 Å². The Bertz CT molecular complexity index is 175. The number of nitrogens with one attached hydrogen (secondary N) is 1. The Morgan fingerprint density at radius 3 is 2.38 bits per heavy atom. The molecule has 0 aromatic rings. The first-order valence-corrected chi connectivity index (χ1v) is 5.61. The van der Waals surface area contributed by atoms with Crippen LogP contribution in [0.1, 0.15) is 44.9 Å². The maximum Gasteiger partial charge on any atom is 0.136 e. The highest BCUT2D eigenvalue weighted by molar-refractivity contribution is 5.58. The minimum Gasteiger partial charge on any atom is -0.305 e. The van der Waals surface area contributed by atoms with Gasteiger partial charge in [0, 0.05) is 6.04 Å². The molecule has 1 heterocycles. The predicted molar refractivity (Wildman–Crippen MR) is 52.6 cm³/mol. The number of rotatable bonds is 2. The number of hydrogen-bond acceptors (Lipinski definition) is 2. The Balaban J connectivity index is 1.83. The van der Waals surface area contributed by atoms with Crippen molar-refractivity contribution >= 4 is 6.29 Å². The van der Waals surface area contributed by atoms with Crippen LogP contribution >= 0.6 is 0 Å². The zero-order valence-corrected chi connectivity index (χ0v) is 8.17. The fourth-order valence-electron chi connectivity index (χ4n) is 2.82. The molecule has 2 nitrogen and oxygen atoms in total. The van der Waals surface area contributed by atoms with Crippen molar-refractivity contribution in [2.75, 3.05) is 0 Å². The van der Waals surface area contributed by atoms with Gasteiger partial charge in [0.25, 0.3) is 0 Å². The molecule has 2 heteroatoms. The Hall–Kier alpha value is -0.370. The highest BCUT2D eigenvalue weighted by atomic mass is 16.1. The Labute approximate surface area is 80.1 Å². The quantitative estimate of drug-likeness (QED) is 0.659. The van der Waals surface area contributed by atoms with E-state index in [1.54, 1.807) is 0 Å². The van der Waals surface area contributed by atoms with Crippen LogP contribution in [0.4, 0.5) is 0 Å². The molecule has 2 atom stereocenters. The summed E-state index contributed by atoms with van der Waals surface area (Å²) in [7, 11) is 0. The van der Waals surface area contributed by atoms with E-state index in [1.807, 2.05) is 0 Å². The molecule has 0 radical (unpaired) electrons. The molecule has 2 aliphatic rings. The van der Waals surface area contributed by atoms with Gasteiger partial charge in [-0.25, -0.2) is 0 Å². The Kier molecular flexibility index (Phi) is 2.99. The summed E-state index contributed by atoms with van der Waals surface area (Å²) >= 11 is 0. The molecule has 1 saturated heterocycles. The smallest absolute Gasteiger partial charge is 0.136 e. The van der Waals surface area contributed by atoms with Crippen LogP contribution in [0.2, 0.25) is 0 Å². The van der Waals surface area contributed by atoms with E-state index in [2.05, 4.69) is 5.32 Å². The third kappa shape index (κ3) is 2.11. The molecule has 0 spiro atoms. The van der Waals surface area contributed by atoms with Crippen molar-refractivity contribution in [2.24, 2.45) is 5.92 Å². The van der Waals surface area contributed by atoms with E-state index in [1.165, 1.54) is 38.5 Å². The lowest BCUT2D eigenvalue weighted by molar-refractivity contribution is -0.109. The molecule has 1 aliphatic carbocycles. The second-order valence-corrected chi connectivity index (χ2v) is 4.49. The topological polar surface area (TPSA) is 29.1 Å². The lowest BCUT2D eigenvalue weighted by atomic mass is 9.83. The van der Waals surface area contributed by atoms with Gasteiger partial charge in [0.1, 0.15) is 6.29 Å². The zero-order chi connectivity index (χ0) is 9.10. The Morgan fingerprint density at radius 2 is 1.77 bits per heavy atom. The second-order valence-electron chi connectivity index (χ2n) is 4.49. The van der Waals surface area contributed by atoms with Crippen LogP contribution in [0.25, 0.3) is 0 Å². The van der Waals surface area contributed by atoms with E-state index in [4.69, 9.17) is 0 Å². The third-order valence-corrected chi connectivity index (χ3v) is 3.60. The molecule has 2 rings (SSSR count). The maximum absolute atomic E-state index is 10.6. The lowest BCUT2D eigenvalue weighted by Gasteiger charge is -2.27. The first-order chi connectivity index (χ1) is 6.40. The summed E-state index contributed by atoms with van der Waals surface area (Å²) in [4.78, 5) is 10.6. The van der Waals surface area contributed by atoms with Gasteiger partial charge in [0.15, 0.2) is 0 Å². The van der Waals surface area contributed by atoms with Gasteiger partial charge in [0.05, 0.1) is 6.04 Å². The average molecular weight is 181 g/mol. The first-order valence-electron chi connectivity index (χ1n) is 5.61. The van der Waals surface area contributed by atoms with E-state index >= 15 is 0 Å². The van der Waals surface area contributed by atoms with Gasteiger partial charge >= 0.3 is 0 Å². The summed E-state index contributed by atoms with van der Waals surface area (Å²) in [6.07, 6.45) is 10.3. The molecular formula is C11H19NO. The van der Waals surface area contributed by atoms with Gasteiger partial charge in [-0.3, -0.25) is 0 Å². The molecule has 1 saturated carbocycles. The zero-order valence-electron chi connectivity index (χ0n) is 8.17. The molecule has 0 aromatic heterocycles. The third-order valence-electron chi connectivity index (χ3n) is 3.60. The number of aldehydes is 1. The van der Waals surface area contributed by atoms with E-state index < -0.39 is 0 Å².